The number of hydrogen-bond acceptors (Lipinski definition) is 2. The lowest BCUT2D eigenvalue weighted by Crippen LogP contribution is -2.25. The van der Waals surface area contributed by atoms with E-state index in [0.29, 0.717) is 6.42 Å². The van der Waals surface area contributed by atoms with Gasteiger partial charge in [-0.25, -0.2) is 4.39 Å². The van der Waals surface area contributed by atoms with Crippen molar-refractivity contribution < 1.29 is 14.3 Å². The first kappa shape index (κ1) is 8.84. The molecule has 1 N–H and O–H groups in total. The van der Waals surface area contributed by atoms with Gasteiger partial charge in [-0.3, -0.25) is 4.79 Å². The molecule has 1 rings (SSSR count). The summed E-state index contributed by atoms with van der Waals surface area (Å²) in [6.07, 6.45) is -0.439. The SMILES string of the molecule is CC(S)(CC(=O)O)C1CC1F. The highest BCUT2D eigenvalue weighted by atomic mass is 32.1. The van der Waals surface area contributed by atoms with E-state index in [9.17, 15) is 9.18 Å². The van der Waals surface area contributed by atoms with Crippen LogP contribution in [0.4, 0.5) is 4.39 Å². The van der Waals surface area contributed by atoms with E-state index in [0.717, 1.165) is 0 Å². The highest BCUT2D eigenvalue weighted by Crippen LogP contribution is 2.47. The summed E-state index contributed by atoms with van der Waals surface area (Å²) >= 11 is 4.12. The molecule has 0 heterocycles. The van der Waals surface area contributed by atoms with Crippen LogP contribution >= 0.6 is 12.6 Å². The van der Waals surface area contributed by atoms with Gasteiger partial charge in [-0.2, -0.15) is 12.6 Å². The third kappa shape index (κ3) is 2.09. The molecule has 0 saturated heterocycles. The lowest BCUT2D eigenvalue weighted by molar-refractivity contribution is -0.137. The predicted octanol–water partition coefficient (Wildman–Crippen LogP) is 1.51. The maximum atomic E-state index is 12.5. The van der Waals surface area contributed by atoms with Crippen LogP contribution in [0.1, 0.15) is 19.8 Å². The molecule has 2 nitrogen and oxygen atoms in total. The summed E-state index contributed by atoms with van der Waals surface area (Å²) in [6.45, 7) is 1.68. The molecule has 0 aliphatic heterocycles. The van der Waals surface area contributed by atoms with E-state index in [4.69, 9.17) is 5.11 Å². The van der Waals surface area contributed by atoms with Crippen molar-refractivity contribution >= 4 is 18.6 Å². The third-order valence-corrected chi connectivity index (χ3v) is 2.51. The van der Waals surface area contributed by atoms with Gasteiger partial charge in [0.2, 0.25) is 0 Å². The van der Waals surface area contributed by atoms with Crippen LogP contribution in [0.5, 0.6) is 0 Å². The van der Waals surface area contributed by atoms with Crippen molar-refractivity contribution in [3.63, 3.8) is 0 Å². The molecule has 64 valence electrons. The molecule has 0 aromatic heterocycles. The van der Waals surface area contributed by atoms with Crippen molar-refractivity contribution in [3.05, 3.63) is 0 Å². The average molecular weight is 178 g/mol. The molecular formula is C7H11FO2S. The molecule has 0 radical (unpaired) electrons. The standard InChI is InChI=1S/C7H11FO2S/c1-7(11,3-6(9)10)4-2-5(4)8/h4-5,11H,2-3H2,1H3,(H,9,10). The Labute approximate surface area is 70.2 Å². The second-order valence-corrected chi connectivity index (χ2v) is 4.31. The zero-order chi connectivity index (χ0) is 8.65. The Bertz CT molecular complexity index is 181. The molecule has 0 aromatic carbocycles. The molecule has 4 heteroatoms. The summed E-state index contributed by atoms with van der Waals surface area (Å²) in [5, 5.41) is 8.44. The molecule has 0 bridgehead atoms. The van der Waals surface area contributed by atoms with Crippen molar-refractivity contribution in [1.29, 1.82) is 0 Å². The molecule has 0 spiro atoms. The second kappa shape index (κ2) is 2.66. The molecule has 0 aromatic rings. The van der Waals surface area contributed by atoms with Crippen LogP contribution in [-0.2, 0) is 4.79 Å². The summed E-state index contributed by atoms with van der Waals surface area (Å²) in [6, 6.07) is 0. The highest BCUT2D eigenvalue weighted by Gasteiger charge is 2.49. The minimum absolute atomic E-state index is 0.0683. The molecule has 3 unspecified atom stereocenters. The maximum Gasteiger partial charge on any atom is 0.304 e. The van der Waals surface area contributed by atoms with E-state index in [1.54, 1.807) is 6.92 Å². The van der Waals surface area contributed by atoms with Crippen molar-refractivity contribution in [1.82, 2.24) is 0 Å². The Balaban J connectivity index is 2.46. The molecule has 1 fully saturated rings. The Morgan fingerprint density at radius 2 is 2.36 bits per heavy atom. The third-order valence-electron chi connectivity index (χ3n) is 2.02. The van der Waals surface area contributed by atoms with Crippen molar-refractivity contribution in [2.75, 3.05) is 0 Å². The first-order valence-electron chi connectivity index (χ1n) is 3.52. The van der Waals surface area contributed by atoms with Crippen LogP contribution in [0.15, 0.2) is 0 Å². The summed E-state index contributed by atoms with van der Waals surface area (Å²) < 4.78 is 11.8. The molecule has 3 atom stereocenters. The quantitative estimate of drug-likeness (QED) is 0.643. The van der Waals surface area contributed by atoms with Gasteiger partial charge in [0.15, 0.2) is 0 Å². The van der Waals surface area contributed by atoms with Crippen LogP contribution in [0.2, 0.25) is 0 Å². The molecule has 0 amide bonds. The van der Waals surface area contributed by atoms with E-state index >= 15 is 0 Å². The van der Waals surface area contributed by atoms with Gasteiger partial charge in [-0.1, -0.05) is 0 Å². The molecular weight excluding hydrogens is 167 g/mol. The molecule has 11 heavy (non-hydrogen) atoms. The van der Waals surface area contributed by atoms with Gasteiger partial charge in [0.05, 0.1) is 6.42 Å². The largest absolute Gasteiger partial charge is 0.481 e. The Morgan fingerprint density at radius 1 is 1.91 bits per heavy atom. The van der Waals surface area contributed by atoms with Gasteiger partial charge in [0.25, 0.3) is 0 Å². The number of rotatable bonds is 3. The number of thiol groups is 1. The number of alkyl halides is 1. The van der Waals surface area contributed by atoms with Crippen LogP contribution in [0.3, 0.4) is 0 Å². The fourth-order valence-corrected chi connectivity index (χ4v) is 1.65. The zero-order valence-electron chi connectivity index (χ0n) is 6.25. The monoisotopic (exact) mass is 178 g/mol. The number of halogens is 1. The maximum absolute atomic E-state index is 12.5. The van der Waals surface area contributed by atoms with E-state index in [-0.39, 0.29) is 12.3 Å². The second-order valence-electron chi connectivity index (χ2n) is 3.29. The molecule has 1 aliphatic carbocycles. The number of aliphatic carboxylic acids is 1. The fourth-order valence-electron chi connectivity index (χ4n) is 1.24. The van der Waals surface area contributed by atoms with Crippen LogP contribution in [-0.4, -0.2) is 22.0 Å². The lowest BCUT2D eigenvalue weighted by Gasteiger charge is -2.19. The number of carboxylic acid groups (broad SMARTS) is 1. The van der Waals surface area contributed by atoms with Crippen molar-refractivity contribution in [2.45, 2.75) is 30.7 Å². The Hall–Kier alpha value is -0.250. The highest BCUT2D eigenvalue weighted by molar-refractivity contribution is 7.81. The van der Waals surface area contributed by atoms with Gasteiger partial charge < -0.3 is 5.11 Å². The van der Waals surface area contributed by atoms with E-state index in [2.05, 4.69) is 12.6 Å². The first-order valence-corrected chi connectivity index (χ1v) is 3.96. The number of carbonyl (C=O) groups is 1. The normalized spacial score (nSPS) is 34.5. The van der Waals surface area contributed by atoms with Gasteiger partial charge in [-0.05, 0) is 13.3 Å². The van der Waals surface area contributed by atoms with Gasteiger partial charge in [0.1, 0.15) is 6.17 Å². The minimum Gasteiger partial charge on any atom is -0.481 e. The zero-order valence-corrected chi connectivity index (χ0v) is 7.14. The van der Waals surface area contributed by atoms with Crippen molar-refractivity contribution in [3.8, 4) is 0 Å². The van der Waals surface area contributed by atoms with Gasteiger partial charge in [-0.15, -0.1) is 0 Å². The lowest BCUT2D eigenvalue weighted by atomic mass is 10.0. The van der Waals surface area contributed by atoms with Gasteiger partial charge in [0, 0.05) is 10.7 Å². The van der Waals surface area contributed by atoms with Gasteiger partial charge >= 0.3 is 5.97 Å². The Kier molecular flexibility index (Phi) is 2.14. The Morgan fingerprint density at radius 3 is 2.64 bits per heavy atom. The molecule has 1 aliphatic rings. The number of hydrogen-bond donors (Lipinski definition) is 2. The van der Waals surface area contributed by atoms with Crippen molar-refractivity contribution in [2.24, 2.45) is 5.92 Å². The summed E-state index contributed by atoms with van der Waals surface area (Å²) in [5.74, 6) is -1.08. The molecule has 1 saturated carbocycles. The van der Waals surface area contributed by atoms with E-state index < -0.39 is 16.9 Å². The number of carboxylic acids is 1. The first-order chi connectivity index (χ1) is 4.93. The summed E-state index contributed by atoms with van der Waals surface area (Å²) in [5.41, 5.74) is 0. The topological polar surface area (TPSA) is 37.3 Å². The van der Waals surface area contributed by atoms with Crippen LogP contribution in [0, 0.1) is 5.92 Å². The minimum atomic E-state index is -0.915. The predicted molar refractivity (Wildman–Crippen MR) is 42.6 cm³/mol. The van der Waals surface area contributed by atoms with E-state index in [1.807, 2.05) is 0 Å². The summed E-state index contributed by atoms with van der Waals surface area (Å²) in [4.78, 5) is 10.3. The van der Waals surface area contributed by atoms with E-state index in [1.165, 1.54) is 0 Å². The smallest absolute Gasteiger partial charge is 0.304 e. The fraction of sp³-hybridized carbons (Fsp3) is 0.857. The summed E-state index contributed by atoms with van der Waals surface area (Å²) in [7, 11) is 0. The van der Waals surface area contributed by atoms with Crippen LogP contribution in [0.25, 0.3) is 0 Å². The van der Waals surface area contributed by atoms with Crippen LogP contribution < -0.4 is 0 Å². The average Bonchev–Trinajstić information content (AvgIpc) is 2.42.